The van der Waals surface area contributed by atoms with Crippen molar-refractivity contribution in [3.8, 4) is 0 Å². The summed E-state index contributed by atoms with van der Waals surface area (Å²) >= 11 is 0. The third kappa shape index (κ3) is 2.10. The average molecular weight is 199 g/mol. The topological polar surface area (TPSA) is 26.0 Å². The summed E-state index contributed by atoms with van der Waals surface area (Å²) in [6, 6.07) is 2.72. The second-order valence-corrected chi connectivity index (χ2v) is 3.49. The summed E-state index contributed by atoms with van der Waals surface area (Å²) in [5.41, 5.74) is 6.31. The van der Waals surface area contributed by atoms with Crippen LogP contribution in [-0.2, 0) is 0 Å². The minimum Gasteiger partial charge on any atom is -0.324 e. The highest BCUT2D eigenvalue weighted by Gasteiger charge is 2.15. The molecule has 0 heterocycles. The SMILES string of the molecule is CCC[C@H](N)c1ccc(C)c(F)c1F. The fraction of sp³-hybridized carbons (Fsp3) is 0.455. The molecule has 0 aromatic heterocycles. The van der Waals surface area contributed by atoms with Crippen LogP contribution < -0.4 is 5.73 Å². The molecule has 0 saturated heterocycles. The van der Waals surface area contributed by atoms with Gasteiger partial charge in [-0.3, -0.25) is 0 Å². The van der Waals surface area contributed by atoms with Gasteiger partial charge in [0.05, 0.1) is 0 Å². The van der Waals surface area contributed by atoms with Gasteiger partial charge in [0.15, 0.2) is 11.6 Å². The predicted molar refractivity (Wildman–Crippen MR) is 52.9 cm³/mol. The number of aryl methyl sites for hydroxylation is 1. The van der Waals surface area contributed by atoms with Crippen molar-refractivity contribution in [1.29, 1.82) is 0 Å². The van der Waals surface area contributed by atoms with E-state index in [1.54, 1.807) is 12.1 Å². The third-order valence-corrected chi connectivity index (χ3v) is 2.30. The minimum atomic E-state index is -0.800. The van der Waals surface area contributed by atoms with Gasteiger partial charge in [-0.25, -0.2) is 8.78 Å². The lowest BCUT2D eigenvalue weighted by Gasteiger charge is -2.12. The molecular weight excluding hydrogens is 184 g/mol. The molecule has 2 N–H and O–H groups in total. The van der Waals surface area contributed by atoms with Gasteiger partial charge in [-0.2, -0.15) is 0 Å². The van der Waals surface area contributed by atoms with Crippen molar-refractivity contribution in [2.45, 2.75) is 32.7 Å². The van der Waals surface area contributed by atoms with Crippen molar-refractivity contribution < 1.29 is 8.78 Å². The van der Waals surface area contributed by atoms with Crippen molar-refractivity contribution in [2.24, 2.45) is 5.73 Å². The maximum absolute atomic E-state index is 13.4. The first-order valence-corrected chi connectivity index (χ1v) is 4.78. The summed E-state index contributed by atoms with van der Waals surface area (Å²) in [4.78, 5) is 0. The van der Waals surface area contributed by atoms with Gasteiger partial charge in [0.1, 0.15) is 0 Å². The van der Waals surface area contributed by atoms with Crippen LogP contribution in [0.1, 0.15) is 36.9 Å². The quantitative estimate of drug-likeness (QED) is 0.795. The van der Waals surface area contributed by atoms with E-state index in [2.05, 4.69) is 0 Å². The number of rotatable bonds is 3. The average Bonchev–Trinajstić information content (AvgIpc) is 2.15. The van der Waals surface area contributed by atoms with Crippen LogP contribution in [0.3, 0.4) is 0 Å². The van der Waals surface area contributed by atoms with Gasteiger partial charge >= 0.3 is 0 Å². The normalized spacial score (nSPS) is 12.9. The van der Waals surface area contributed by atoms with E-state index in [9.17, 15) is 8.78 Å². The van der Waals surface area contributed by atoms with E-state index in [-0.39, 0.29) is 5.56 Å². The van der Waals surface area contributed by atoms with E-state index in [0.29, 0.717) is 12.0 Å². The van der Waals surface area contributed by atoms with Gasteiger partial charge in [-0.15, -0.1) is 0 Å². The van der Waals surface area contributed by atoms with E-state index < -0.39 is 17.7 Å². The lowest BCUT2D eigenvalue weighted by molar-refractivity contribution is 0.478. The summed E-state index contributed by atoms with van der Waals surface area (Å²) in [5, 5.41) is 0. The Morgan fingerprint density at radius 1 is 1.29 bits per heavy atom. The van der Waals surface area contributed by atoms with Crippen LogP contribution in [0, 0.1) is 18.6 Å². The van der Waals surface area contributed by atoms with Crippen LogP contribution in [0.25, 0.3) is 0 Å². The maximum atomic E-state index is 13.4. The molecule has 0 unspecified atom stereocenters. The minimum absolute atomic E-state index is 0.273. The van der Waals surface area contributed by atoms with Crippen LogP contribution in [-0.4, -0.2) is 0 Å². The molecule has 3 heteroatoms. The number of halogens is 2. The molecule has 0 amide bonds. The number of nitrogens with two attached hydrogens (primary N) is 1. The highest BCUT2D eigenvalue weighted by atomic mass is 19.2. The molecule has 1 aromatic carbocycles. The summed E-state index contributed by atoms with van der Waals surface area (Å²) in [5.74, 6) is -1.58. The molecule has 78 valence electrons. The number of hydrogen-bond acceptors (Lipinski definition) is 1. The van der Waals surface area contributed by atoms with Crippen LogP contribution in [0.4, 0.5) is 8.78 Å². The van der Waals surface area contributed by atoms with Crippen molar-refractivity contribution in [2.75, 3.05) is 0 Å². The van der Waals surface area contributed by atoms with Crippen molar-refractivity contribution in [3.05, 3.63) is 34.9 Å². The zero-order valence-corrected chi connectivity index (χ0v) is 8.48. The zero-order valence-electron chi connectivity index (χ0n) is 8.48. The van der Waals surface area contributed by atoms with Crippen molar-refractivity contribution in [3.63, 3.8) is 0 Å². The molecule has 0 aliphatic heterocycles. The zero-order chi connectivity index (χ0) is 10.7. The summed E-state index contributed by atoms with van der Waals surface area (Å²) in [7, 11) is 0. The lowest BCUT2D eigenvalue weighted by atomic mass is 10.0. The Labute approximate surface area is 82.9 Å². The molecule has 0 fully saturated rings. The Bertz CT molecular complexity index is 323. The Morgan fingerprint density at radius 3 is 2.50 bits per heavy atom. The Balaban J connectivity index is 3.04. The largest absolute Gasteiger partial charge is 0.324 e. The molecule has 0 bridgehead atoms. The molecule has 1 atom stereocenters. The molecule has 1 aromatic rings. The fourth-order valence-corrected chi connectivity index (χ4v) is 1.41. The third-order valence-electron chi connectivity index (χ3n) is 2.30. The molecule has 1 rings (SSSR count). The molecule has 0 saturated carbocycles. The molecule has 0 radical (unpaired) electrons. The van der Waals surface area contributed by atoms with E-state index >= 15 is 0 Å². The van der Waals surface area contributed by atoms with Crippen LogP contribution in [0.15, 0.2) is 12.1 Å². The Hall–Kier alpha value is -0.960. The molecule has 0 spiro atoms. The standard InChI is InChI=1S/C11H15F2N/c1-3-4-9(14)8-6-5-7(2)10(12)11(8)13/h5-6,9H,3-4,14H2,1-2H3/t9-/m0/s1. The van der Waals surface area contributed by atoms with Gasteiger partial charge < -0.3 is 5.73 Å². The monoisotopic (exact) mass is 199 g/mol. The Kier molecular flexibility index (Phi) is 3.58. The van der Waals surface area contributed by atoms with Gasteiger partial charge in [0.2, 0.25) is 0 Å². The van der Waals surface area contributed by atoms with Gasteiger partial charge in [0.25, 0.3) is 0 Å². The molecule has 14 heavy (non-hydrogen) atoms. The summed E-state index contributed by atoms with van der Waals surface area (Å²) < 4.78 is 26.5. The second-order valence-electron chi connectivity index (χ2n) is 3.49. The molecule has 0 aliphatic rings. The summed E-state index contributed by atoms with van der Waals surface area (Å²) in [6.45, 7) is 3.50. The maximum Gasteiger partial charge on any atom is 0.163 e. The van der Waals surface area contributed by atoms with Gasteiger partial charge in [-0.05, 0) is 18.9 Å². The number of hydrogen-bond donors (Lipinski definition) is 1. The van der Waals surface area contributed by atoms with E-state index in [1.165, 1.54) is 6.92 Å². The molecule has 0 aliphatic carbocycles. The van der Waals surface area contributed by atoms with Crippen LogP contribution in [0.2, 0.25) is 0 Å². The first-order valence-electron chi connectivity index (χ1n) is 4.78. The second kappa shape index (κ2) is 4.51. The van der Waals surface area contributed by atoms with Gasteiger partial charge in [0, 0.05) is 11.6 Å². The number of benzene rings is 1. The first kappa shape index (κ1) is 11.1. The highest BCUT2D eigenvalue weighted by Crippen LogP contribution is 2.22. The highest BCUT2D eigenvalue weighted by molar-refractivity contribution is 5.27. The van der Waals surface area contributed by atoms with E-state index in [1.807, 2.05) is 6.92 Å². The van der Waals surface area contributed by atoms with E-state index in [0.717, 1.165) is 6.42 Å². The summed E-state index contributed by atoms with van der Waals surface area (Å²) in [6.07, 6.45) is 1.52. The van der Waals surface area contributed by atoms with Crippen molar-refractivity contribution in [1.82, 2.24) is 0 Å². The Morgan fingerprint density at radius 2 is 1.93 bits per heavy atom. The van der Waals surface area contributed by atoms with Gasteiger partial charge in [-0.1, -0.05) is 25.5 Å². The van der Waals surface area contributed by atoms with Crippen LogP contribution in [0.5, 0.6) is 0 Å². The molecule has 1 nitrogen and oxygen atoms in total. The predicted octanol–water partition coefficient (Wildman–Crippen LogP) is 3.07. The van der Waals surface area contributed by atoms with Crippen molar-refractivity contribution >= 4 is 0 Å². The molecular formula is C11H15F2N. The fourth-order valence-electron chi connectivity index (χ4n) is 1.41. The van der Waals surface area contributed by atoms with E-state index in [4.69, 9.17) is 5.73 Å². The van der Waals surface area contributed by atoms with Crippen LogP contribution >= 0.6 is 0 Å². The first-order chi connectivity index (χ1) is 6.57. The smallest absolute Gasteiger partial charge is 0.163 e. The lowest BCUT2D eigenvalue weighted by Crippen LogP contribution is -2.13.